The molecule has 2 aromatic carbocycles. The summed E-state index contributed by atoms with van der Waals surface area (Å²) in [6, 6.07) is 17.5. The van der Waals surface area contributed by atoms with Crippen molar-refractivity contribution in [1.29, 1.82) is 0 Å². The van der Waals surface area contributed by atoms with Gasteiger partial charge in [-0.2, -0.15) is 5.10 Å². The molecule has 0 fully saturated rings. The molecule has 4 rings (SSSR count). The summed E-state index contributed by atoms with van der Waals surface area (Å²) >= 11 is 0. The lowest BCUT2D eigenvalue weighted by Gasteiger charge is -2.25. The molecule has 0 aromatic heterocycles. The molecule has 0 aliphatic carbocycles. The van der Waals surface area contributed by atoms with Gasteiger partial charge in [0.15, 0.2) is 0 Å². The van der Waals surface area contributed by atoms with Gasteiger partial charge in [-0.25, -0.2) is 0 Å². The Hall–Kier alpha value is -2.09. The van der Waals surface area contributed by atoms with Crippen LogP contribution in [0.2, 0.25) is 0 Å². The van der Waals surface area contributed by atoms with Gasteiger partial charge in [-0.05, 0) is 23.6 Å². The molecule has 0 saturated carbocycles. The molecule has 0 N–H and O–H groups in total. The van der Waals surface area contributed by atoms with E-state index >= 15 is 0 Å². The maximum absolute atomic E-state index is 4.81. The van der Waals surface area contributed by atoms with Gasteiger partial charge in [-0.1, -0.05) is 54.1 Å². The minimum absolute atomic E-state index is 0.438. The molecule has 94 valence electrons. The first-order valence-corrected chi connectivity index (χ1v) is 6.79. The standard InChI is InChI=1S/C17H16N2/c1-12-6-8-13(9-7-12)17-16-11-19(18-17)10-14-4-2-3-5-15(14)16/h2-9,16H,10-11H2,1H3. The Morgan fingerprint density at radius 1 is 1.05 bits per heavy atom. The van der Waals surface area contributed by atoms with Crippen LogP contribution in [-0.4, -0.2) is 17.3 Å². The molecule has 0 radical (unpaired) electrons. The summed E-state index contributed by atoms with van der Waals surface area (Å²) in [6.07, 6.45) is 0. The fourth-order valence-corrected chi connectivity index (χ4v) is 3.10. The van der Waals surface area contributed by atoms with Crippen molar-refractivity contribution in [3.63, 3.8) is 0 Å². The Bertz CT molecular complexity index is 655. The topological polar surface area (TPSA) is 15.6 Å². The third-order valence-corrected chi connectivity index (χ3v) is 4.10. The summed E-state index contributed by atoms with van der Waals surface area (Å²) in [6.45, 7) is 4.10. The van der Waals surface area contributed by atoms with Crippen LogP contribution in [0.15, 0.2) is 53.6 Å². The van der Waals surface area contributed by atoms with Gasteiger partial charge < -0.3 is 0 Å². The maximum atomic E-state index is 4.81. The lowest BCUT2D eigenvalue weighted by Crippen LogP contribution is -2.25. The molecule has 2 aromatic rings. The van der Waals surface area contributed by atoms with Crippen molar-refractivity contribution >= 4 is 5.71 Å². The van der Waals surface area contributed by atoms with E-state index in [2.05, 4.69) is 60.5 Å². The summed E-state index contributed by atoms with van der Waals surface area (Å²) in [4.78, 5) is 0. The molecule has 2 aliphatic rings. The van der Waals surface area contributed by atoms with Crippen LogP contribution in [0, 0.1) is 6.92 Å². The first kappa shape index (κ1) is 10.8. The molecule has 1 unspecified atom stereocenters. The van der Waals surface area contributed by atoms with Crippen molar-refractivity contribution in [1.82, 2.24) is 5.01 Å². The highest BCUT2D eigenvalue weighted by molar-refractivity contribution is 6.06. The van der Waals surface area contributed by atoms with Crippen LogP contribution < -0.4 is 0 Å². The van der Waals surface area contributed by atoms with Crippen LogP contribution in [0.5, 0.6) is 0 Å². The molecule has 2 heteroatoms. The third kappa shape index (κ3) is 1.67. The van der Waals surface area contributed by atoms with Gasteiger partial charge in [-0.3, -0.25) is 5.01 Å². The van der Waals surface area contributed by atoms with Gasteiger partial charge in [-0.15, -0.1) is 0 Å². The number of aryl methyl sites for hydroxylation is 1. The molecule has 2 bridgehead atoms. The summed E-state index contributed by atoms with van der Waals surface area (Å²) in [5.74, 6) is 0.438. The van der Waals surface area contributed by atoms with Gasteiger partial charge in [0, 0.05) is 12.5 Å². The summed E-state index contributed by atoms with van der Waals surface area (Å²) in [5, 5.41) is 7.01. The number of rotatable bonds is 1. The van der Waals surface area contributed by atoms with Crippen LogP contribution in [0.4, 0.5) is 0 Å². The predicted molar refractivity (Wildman–Crippen MR) is 77.3 cm³/mol. The Morgan fingerprint density at radius 3 is 2.68 bits per heavy atom. The van der Waals surface area contributed by atoms with E-state index in [4.69, 9.17) is 5.10 Å². The molecule has 19 heavy (non-hydrogen) atoms. The van der Waals surface area contributed by atoms with Gasteiger partial charge in [0.25, 0.3) is 0 Å². The highest BCUT2D eigenvalue weighted by atomic mass is 15.5. The molecular weight excluding hydrogens is 232 g/mol. The zero-order chi connectivity index (χ0) is 12.8. The Labute approximate surface area is 113 Å². The average Bonchev–Trinajstić information content (AvgIpc) is 2.78. The molecule has 2 aliphatic heterocycles. The summed E-state index contributed by atoms with van der Waals surface area (Å²) < 4.78 is 0. The number of benzene rings is 2. The van der Waals surface area contributed by atoms with Crippen LogP contribution in [0.1, 0.15) is 28.2 Å². The van der Waals surface area contributed by atoms with E-state index in [1.54, 1.807) is 0 Å². The normalized spacial score (nSPS) is 20.2. The lowest BCUT2D eigenvalue weighted by molar-refractivity contribution is 0.286. The second-order valence-electron chi connectivity index (χ2n) is 5.45. The Kier molecular flexibility index (Phi) is 2.25. The number of nitrogens with zero attached hydrogens (tertiary/aromatic N) is 2. The van der Waals surface area contributed by atoms with E-state index < -0.39 is 0 Å². The number of fused-ring (bicyclic) bond motifs is 4. The predicted octanol–water partition coefficient (Wildman–Crippen LogP) is 3.31. The lowest BCUT2D eigenvalue weighted by atomic mass is 9.86. The summed E-state index contributed by atoms with van der Waals surface area (Å²) in [5.41, 5.74) is 6.66. The van der Waals surface area contributed by atoms with Crippen molar-refractivity contribution < 1.29 is 0 Å². The maximum Gasteiger partial charge on any atom is 0.0770 e. The second-order valence-corrected chi connectivity index (χ2v) is 5.45. The van der Waals surface area contributed by atoms with Gasteiger partial charge in [0.1, 0.15) is 0 Å². The quantitative estimate of drug-likeness (QED) is 0.756. The van der Waals surface area contributed by atoms with E-state index in [9.17, 15) is 0 Å². The first-order chi connectivity index (χ1) is 9.31. The highest BCUT2D eigenvalue weighted by Gasteiger charge is 2.34. The van der Waals surface area contributed by atoms with E-state index in [0.717, 1.165) is 13.1 Å². The highest BCUT2D eigenvalue weighted by Crippen LogP contribution is 2.36. The SMILES string of the molecule is Cc1ccc(C2=NN3Cc4ccccc4C2C3)cc1. The molecule has 0 amide bonds. The fourth-order valence-electron chi connectivity index (χ4n) is 3.10. The molecule has 0 spiro atoms. The minimum Gasteiger partial charge on any atom is -0.291 e. The smallest absolute Gasteiger partial charge is 0.0770 e. The van der Waals surface area contributed by atoms with E-state index in [1.807, 2.05) is 0 Å². The largest absolute Gasteiger partial charge is 0.291 e. The van der Waals surface area contributed by atoms with Crippen molar-refractivity contribution in [2.24, 2.45) is 5.10 Å². The minimum atomic E-state index is 0.438. The van der Waals surface area contributed by atoms with Crippen LogP contribution >= 0.6 is 0 Å². The summed E-state index contributed by atoms with van der Waals surface area (Å²) in [7, 11) is 0. The van der Waals surface area contributed by atoms with Gasteiger partial charge in [0.2, 0.25) is 0 Å². The zero-order valence-corrected chi connectivity index (χ0v) is 11.0. The molecule has 1 atom stereocenters. The number of hydrogen-bond donors (Lipinski definition) is 0. The molecular formula is C17H16N2. The van der Waals surface area contributed by atoms with Crippen molar-refractivity contribution in [2.75, 3.05) is 6.54 Å². The molecule has 2 heterocycles. The van der Waals surface area contributed by atoms with Crippen LogP contribution in [0.3, 0.4) is 0 Å². The number of hydrazone groups is 1. The van der Waals surface area contributed by atoms with Crippen molar-refractivity contribution in [2.45, 2.75) is 19.4 Å². The Balaban J connectivity index is 1.80. The van der Waals surface area contributed by atoms with Gasteiger partial charge >= 0.3 is 0 Å². The monoisotopic (exact) mass is 248 g/mol. The molecule has 0 saturated heterocycles. The Morgan fingerprint density at radius 2 is 1.84 bits per heavy atom. The van der Waals surface area contributed by atoms with Crippen LogP contribution in [0.25, 0.3) is 0 Å². The zero-order valence-electron chi connectivity index (χ0n) is 11.0. The van der Waals surface area contributed by atoms with Gasteiger partial charge in [0.05, 0.1) is 12.3 Å². The van der Waals surface area contributed by atoms with E-state index in [-0.39, 0.29) is 0 Å². The van der Waals surface area contributed by atoms with E-state index in [0.29, 0.717) is 5.92 Å². The first-order valence-electron chi connectivity index (χ1n) is 6.79. The van der Waals surface area contributed by atoms with Crippen molar-refractivity contribution in [3.8, 4) is 0 Å². The number of hydrogen-bond acceptors (Lipinski definition) is 2. The fraction of sp³-hybridized carbons (Fsp3) is 0.235. The van der Waals surface area contributed by atoms with E-state index in [1.165, 1.54) is 28.0 Å². The second kappa shape index (κ2) is 3.95. The van der Waals surface area contributed by atoms with Crippen LogP contribution in [-0.2, 0) is 6.54 Å². The van der Waals surface area contributed by atoms with Crippen molar-refractivity contribution in [3.05, 3.63) is 70.8 Å². The average molecular weight is 248 g/mol. The molecule has 2 nitrogen and oxygen atoms in total. The third-order valence-electron chi connectivity index (χ3n) is 4.10.